The normalized spacial score (nSPS) is 42.4. The molecular formula is C14H28N2O. The first-order valence-electron chi connectivity index (χ1n) is 7.42. The van der Waals surface area contributed by atoms with Crippen molar-refractivity contribution in [3.8, 4) is 0 Å². The van der Waals surface area contributed by atoms with Gasteiger partial charge in [0.2, 0.25) is 0 Å². The predicted molar refractivity (Wildman–Crippen MR) is 71.2 cm³/mol. The highest BCUT2D eigenvalue weighted by Gasteiger charge is 2.27. The van der Waals surface area contributed by atoms with Crippen LogP contribution in [0.3, 0.4) is 0 Å². The van der Waals surface area contributed by atoms with E-state index in [0.717, 1.165) is 24.2 Å². The summed E-state index contributed by atoms with van der Waals surface area (Å²) in [7, 11) is 0. The molecule has 17 heavy (non-hydrogen) atoms. The lowest BCUT2D eigenvalue weighted by atomic mass is 10.1. The summed E-state index contributed by atoms with van der Waals surface area (Å²) in [5, 5.41) is 7.18. The zero-order valence-corrected chi connectivity index (χ0v) is 10.9. The van der Waals surface area contributed by atoms with Crippen molar-refractivity contribution >= 4 is 0 Å². The lowest BCUT2D eigenvalue weighted by Crippen LogP contribution is -2.33. The molecule has 4 aliphatic rings. The molecule has 0 aliphatic carbocycles. The molecule has 4 bridgehead atoms. The van der Waals surface area contributed by atoms with Gasteiger partial charge in [0.15, 0.2) is 0 Å². The SMILES string of the molecule is C1CC2CCC(C1)N2.C1CC2CCC(C1)N2.O. The second-order valence-electron chi connectivity index (χ2n) is 6.14. The molecule has 4 fully saturated rings. The van der Waals surface area contributed by atoms with Crippen LogP contribution < -0.4 is 10.6 Å². The van der Waals surface area contributed by atoms with Crippen LogP contribution in [0.5, 0.6) is 0 Å². The molecule has 4 rings (SSSR count). The summed E-state index contributed by atoms with van der Waals surface area (Å²) in [6, 6.07) is 3.64. The van der Waals surface area contributed by atoms with E-state index in [9.17, 15) is 0 Å². The summed E-state index contributed by atoms with van der Waals surface area (Å²) < 4.78 is 0. The highest BCUT2D eigenvalue weighted by molar-refractivity contribution is 4.88. The highest BCUT2D eigenvalue weighted by atomic mass is 16.0. The lowest BCUT2D eigenvalue weighted by Gasteiger charge is -2.19. The molecule has 4 atom stereocenters. The van der Waals surface area contributed by atoms with Crippen LogP contribution in [0.25, 0.3) is 0 Å². The number of hydrogen-bond donors (Lipinski definition) is 2. The van der Waals surface area contributed by atoms with E-state index in [4.69, 9.17) is 0 Å². The molecule has 3 nitrogen and oxygen atoms in total. The van der Waals surface area contributed by atoms with Crippen molar-refractivity contribution < 1.29 is 5.48 Å². The van der Waals surface area contributed by atoms with Gasteiger partial charge in [0.25, 0.3) is 0 Å². The van der Waals surface area contributed by atoms with Gasteiger partial charge >= 0.3 is 0 Å². The molecule has 4 aliphatic heterocycles. The molecule has 0 radical (unpaired) electrons. The first-order chi connectivity index (χ1) is 7.90. The van der Waals surface area contributed by atoms with Crippen LogP contribution in [0.15, 0.2) is 0 Å². The van der Waals surface area contributed by atoms with E-state index in [2.05, 4.69) is 10.6 Å². The summed E-state index contributed by atoms with van der Waals surface area (Å²) >= 11 is 0. The number of hydrogen-bond acceptors (Lipinski definition) is 2. The standard InChI is InChI=1S/2C7H13N.H2O/c2*1-2-6-4-5-7(3-1)8-6;/h2*6-8H,1-5H2;1H2. The molecule has 0 aromatic rings. The van der Waals surface area contributed by atoms with E-state index in [0.29, 0.717) is 0 Å². The Hall–Kier alpha value is -0.120. The largest absolute Gasteiger partial charge is 0.412 e. The Labute approximate surface area is 105 Å². The van der Waals surface area contributed by atoms with Crippen molar-refractivity contribution in [3.63, 3.8) is 0 Å². The van der Waals surface area contributed by atoms with Gasteiger partial charge < -0.3 is 16.1 Å². The third-order valence-electron chi connectivity index (χ3n) is 4.88. The smallest absolute Gasteiger partial charge is 0.00702 e. The fourth-order valence-corrected chi connectivity index (χ4v) is 3.94. The van der Waals surface area contributed by atoms with Crippen molar-refractivity contribution in [2.75, 3.05) is 0 Å². The van der Waals surface area contributed by atoms with Crippen LogP contribution in [0.4, 0.5) is 0 Å². The Kier molecular flexibility index (Phi) is 4.83. The number of piperidine rings is 2. The van der Waals surface area contributed by atoms with Gasteiger partial charge in [-0.1, -0.05) is 12.8 Å². The van der Waals surface area contributed by atoms with Gasteiger partial charge in [0.05, 0.1) is 0 Å². The minimum absolute atomic E-state index is 0. The van der Waals surface area contributed by atoms with Crippen LogP contribution >= 0.6 is 0 Å². The molecule has 0 amide bonds. The highest BCUT2D eigenvalue weighted by Crippen LogP contribution is 2.26. The minimum Gasteiger partial charge on any atom is -0.412 e. The maximum absolute atomic E-state index is 3.59. The summed E-state index contributed by atoms with van der Waals surface area (Å²) in [6.07, 6.45) is 14.5. The average molecular weight is 240 g/mol. The zero-order valence-electron chi connectivity index (χ0n) is 10.9. The predicted octanol–water partition coefficient (Wildman–Crippen LogP) is 1.76. The Balaban J connectivity index is 0.000000120. The molecule has 100 valence electrons. The maximum atomic E-state index is 3.59. The summed E-state index contributed by atoms with van der Waals surface area (Å²) in [6.45, 7) is 0. The van der Waals surface area contributed by atoms with Gasteiger partial charge in [0, 0.05) is 24.2 Å². The van der Waals surface area contributed by atoms with Gasteiger partial charge in [-0.05, 0) is 51.4 Å². The van der Waals surface area contributed by atoms with Gasteiger partial charge in [0.1, 0.15) is 0 Å². The van der Waals surface area contributed by atoms with Crippen LogP contribution in [0.2, 0.25) is 0 Å². The molecule has 4 saturated heterocycles. The van der Waals surface area contributed by atoms with Crippen molar-refractivity contribution in [1.29, 1.82) is 0 Å². The lowest BCUT2D eigenvalue weighted by molar-refractivity contribution is 0.406. The molecule has 0 saturated carbocycles. The molecule has 0 spiro atoms. The van der Waals surface area contributed by atoms with E-state index in [1.807, 2.05) is 0 Å². The second-order valence-corrected chi connectivity index (χ2v) is 6.14. The van der Waals surface area contributed by atoms with Crippen LogP contribution in [-0.4, -0.2) is 29.6 Å². The van der Waals surface area contributed by atoms with Gasteiger partial charge in [-0.15, -0.1) is 0 Å². The molecule has 0 aromatic carbocycles. The molecule has 4 heterocycles. The Morgan fingerprint density at radius 3 is 1.00 bits per heavy atom. The van der Waals surface area contributed by atoms with Crippen LogP contribution in [-0.2, 0) is 0 Å². The summed E-state index contributed by atoms with van der Waals surface area (Å²) in [4.78, 5) is 0. The fraction of sp³-hybridized carbons (Fsp3) is 1.00. The monoisotopic (exact) mass is 240 g/mol. The number of rotatable bonds is 0. The topological polar surface area (TPSA) is 55.6 Å². The molecular weight excluding hydrogens is 212 g/mol. The van der Waals surface area contributed by atoms with Crippen molar-refractivity contribution in [1.82, 2.24) is 10.6 Å². The Morgan fingerprint density at radius 1 is 0.471 bits per heavy atom. The van der Waals surface area contributed by atoms with E-state index >= 15 is 0 Å². The van der Waals surface area contributed by atoms with E-state index in [1.54, 1.807) is 0 Å². The van der Waals surface area contributed by atoms with Crippen molar-refractivity contribution in [3.05, 3.63) is 0 Å². The molecule has 0 aromatic heterocycles. The third-order valence-corrected chi connectivity index (χ3v) is 4.88. The van der Waals surface area contributed by atoms with Crippen molar-refractivity contribution in [2.24, 2.45) is 0 Å². The third kappa shape index (κ3) is 3.43. The number of fused-ring (bicyclic) bond motifs is 4. The van der Waals surface area contributed by atoms with Gasteiger partial charge in [-0.3, -0.25) is 0 Å². The Morgan fingerprint density at radius 2 is 0.765 bits per heavy atom. The summed E-state index contributed by atoms with van der Waals surface area (Å²) in [5.41, 5.74) is 0. The van der Waals surface area contributed by atoms with Gasteiger partial charge in [-0.25, -0.2) is 0 Å². The van der Waals surface area contributed by atoms with E-state index < -0.39 is 0 Å². The second kappa shape index (κ2) is 6.17. The van der Waals surface area contributed by atoms with E-state index in [1.165, 1.54) is 64.2 Å². The first-order valence-corrected chi connectivity index (χ1v) is 7.42. The molecule has 4 unspecified atom stereocenters. The number of nitrogens with one attached hydrogen (secondary N) is 2. The van der Waals surface area contributed by atoms with Crippen LogP contribution in [0, 0.1) is 0 Å². The first kappa shape index (κ1) is 13.3. The van der Waals surface area contributed by atoms with Gasteiger partial charge in [-0.2, -0.15) is 0 Å². The van der Waals surface area contributed by atoms with Crippen molar-refractivity contribution in [2.45, 2.75) is 88.4 Å². The van der Waals surface area contributed by atoms with Crippen LogP contribution in [0.1, 0.15) is 64.2 Å². The average Bonchev–Trinajstić information content (AvgIpc) is 2.83. The summed E-state index contributed by atoms with van der Waals surface area (Å²) in [5.74, 6) is 0. The zero-order chi connectivity index (χ0) is 10.8. The van der Waals surface area contributed by atoms with E-state index in [-0.39, 0.29) is 5.48 Å². The molecule has 4 N–H and O–H groups in total. The molecule has 3 heteroatoms. The quantitative estimate of drug-likeness (QED) is 0.678. The maximum Gasteiger partial charge on any atom is 0.00702 e. The Bertz CT molecular complexity index is 182. The fourth-order valence-electron chi connectivity index (χ4n) is 3.94. The minimum atomic E-state index is 0.